The second-order valence-corrected chi connectivity index (χ2v) is 8.58. The molecular weight excluding hydrogens is 372 g/mol. The SMILES string of the molecule is c1ccc2cc(Cn3cc(CSc4nc5ccccc5s4)nn3)ccc2c1. The summed E-state index contributed by atoms with van der Waals surface area (Å²) in [5, 5.41) is 11.1. The van der Waals surface area contributed by atoms with E-state index >= 15 is 0 Å². The van der Waals surface area contributed by atoms with Gasteiger partial charge in [-0.3, -0.25) is 0 Å². The molecule has 27 heavy (non-hydrogen) atoms. The first kappa shape index (κ1) is 16.5. The monoisotopic (exact) mass is 388 g/mol. The lowest BCUT2D eigenvalue weighted by Crippen LogP contribution is -2.00. The van der Waals surface area contributed by atoms with Gasteiger partial charge >= 0.3 is 0 Å². The van der Waals surface area contributed by atoms with Crippen molar-refractivity contribution in [3.8, 4) is 0 Å². The second-order valence-electron chi connectivity index (χ2n) is 6.33. The Kier molecular flexibility index (Phi) is 4.35. The summed E-state index contributed by atoms with van der Waals surface area (Å²) in [7, 11) is 0. The zero-order valence-corrected chi connectivity index (χ0v) is 16.1. The van der Waals surface area contributed by atoms with Crippen molar-refractivity contribution in [2.75, 3.05) is 0 Å². The van der Waals surface area contributed by atoms with Crippen LogP contribution in [0.5, 0.6) is 0 Å². The van der Waals surface area contributed by atoms with Gasteiger partial charge in [0, 0.05) is 11.9 Å². The molecule has 3 aromatic carbocycles. The van der Waals surface area contributed by atoms with Crippen LogP contribution in [0.15, 0.2) is 77.3 Å². The molecule has 4 nitrogen and oxygen atoms in total. The maximum Gasteiger partial charge on any atom is 0.151 e. The van der Waals surface area contributed by atoms with Gasteiger partial charge < -0.3 is 0 Å². The minimum Gasteiger partial charge on any atom is -0.248 e. The van der Waals surface area contributed by atoms with Crippen molar-refractivity contribution < 1.29 is 0 Å². The number of nitrogens with zero attached hydrogens (tertiary/aromatic N) is 4. The predicted octanol–water partition coefficient (Wildman–Crippen LogP) is 5.38. The van der Waals surface area contributed by atoms with Crippen LogP contribution in [-0.4, -0.2) is 20.0 Å². The molecule has 0 saturated carbocycles. The van der Waals surface area contributed by atoms with Gasteiger partial charge in [0.1, 0.15) is 0 Å². The van der Waals surface area contributed by atoms with Crippen LogP contribution in [-0.2, 0) is 12.3 Å². The van der Waals surface area contributed by atoms with Crippen LogP contribution >= 0.6 is 23.1 Å². The van der Waals surface area contributed by atoms with Crippen LogP contribution < -0.4 is 0 Å². The first-order chi connectivity index (χ1) is 13.3. The third-order valence-corrected chi connectivity index (χ3v) is 6.58. The minimum absolute atomic E-state index is 0.726. The van der Waals surface area contributed by atoms with Gasteiger partial charge in [0.05, 0.1) is 22.5 Å². The van der Waals surface area contributed by atoms with Gasteiger partial charge in [0.2, 0.25) is 0 Å². The van der Waals surface area contributed by atoms with Crippen LogP contribution in [0.3, 0.4) is 0 Å². The first-order valence-electron chi connectivity index (χ1n) is 8.68. The Morgan fingerprint density at radius 3 is 2.70 bits per heavy atom. The lowest BCUT2D eigenvalue weighted by atomic mass is 10.1. The molecule has 5 aromatic rings. The molecule has 0 aliphatic heterocycles. The van der Waals surface area contributed by atoms with Crippen molar-refractivity contribution in [3.63, 3.8) is 0 Å². The van der Waals surface area contributed by atoms with Crippen LogP contribution in [0.25, 0.3) is 21.0 Å². The summed E-state index contributed by atoms with van der Waals surface area (Å²) in [6.07, 6.45) is 2.02. The number of fused-ring (bicyclic) bond motifs is 2. The molecule has 0 atom stereocenters. The van der Waals surface area contributed by atoms with Crippen molar-refractivity contribution in [2.24, 2.45) is 0 Å². The quantitative estimate of drug-likeness (QED) is 0.379. The summed E-state index contributed by atoms with van der Waals surface area (Å²) in [6.45, 7) is 0.726. The molecule has 132 valence electrons. The van der Waals surface area contributed by atoms with Gasteiger partial charge in [-0.25, -0.2) is 9.67 Å². The van der Waals surface area contributed by atoms with E-state index in [-0.39, 0.29) is 0 Å². The van der Waals surface area contributed by atoms with E-state index in [1.165, 1.54) is 21.0 Å². The molecule has 0 spiro atoms. The molecule has 0 aliphatic rings. The molecule has 0 unspecified atom stereocenters. The summed E-state index contributed by atoms with van der Waals surface area (Å²) >= 11 is 3.44. The Balaban J connectivity index is 1.27. The largest absolute Gasteiger partial charge is 0.248 e. The van der Waals surface area contributed by atoms with Gasteiger partial charge in [-0.15, -0.1) is 16.4 Å². The third kappa shape index (κ3) is 3.59. The summed E-state index contributed by atoms with van der Waals surface area (Å²) in [6, 6.07) is 23.2. The smallest absolute Gasteiger partial charge is 0.151 e. The fourth-order valence-corrected chi connectivity index (χ4v) is 5.00. The lowest BCUT2D eigenvalue weighted by Gasteiger charge is -2.03. The average Bonchev–Trinajstić information content (AvgIpc) is 3.32. The maximum absolute atomic E-state index is 4.66. The molecule has 6 heteroatoms. The van der Waals surface area contributed by atoms with E-state index in [0.29, 0.717) is 0 Å². The number of thiazole rings is 1. The molecule has 0 fully saturated rings. The molecule has 2 aromatic heterocycles. The molecular formula is C21H16N4S2. The molecule has 0 saturated heterocycles. The van der Waals surface area contributed by atoms with Crippen LogP contribution in [0.2, 0.25) is 0 Å². The Morgan fingerprint density at radius 2 is 1.78 bits per heavy atom. The fraction of sp³-hybridized carbons (Fsp3) is 0.0952. The number of thioether (sulfide) groups is 1. The zero-order chi connectivity index (χ0) is 18.1. The zero-order valence-electron chi connectivity index (χ0n) is 14.4. The van der Waals surface area contributed by atoms with Gasteiger partial charge in [-0.2, -0.15) is 0 Å². The third-order valence-electron chi connectivity index (χ3n) is 4.36. The Labute approximate surface area is 164 Å². The lowest BCUT2D eigenvalue weighted by molar-refractivity contribution is 0.650. The molecule has 5 rings (SSSR count). The number of para-hydroxylation sites is 1. The first-order valence-corrected chi connectivity index (χ1v) is 10.5. The average molecular weight is 389 g/mol. The molecule has 0 aliphatic carbocycles. The molecule has 0 bridgehead atoms. The Bertz CT molecular complexity index is 1190. The summed E-state index contributed by atoms with van der Waals surface area (Å²) in [5.74, 6) is 0.775. The van der Waals surface area contributed by atoms with Crippen molar-refractivity contribution in [1.29, 1.82) is 0 Å². The minimum atomic E-state index is 0.726. The summed E-state index contributed by atoms with van der Waals surface area (Å²) < 4.78 is 4.19. The normalized spacial score (nSPS) is 11.4. The van der Waals surface area contributed by atoms with Crippen molar-refractivity contribution >= 4 is 44.1 Å². The second kappa shape index (κ2) is 7.13. The van der Waals surface area contributed by atoms with Crippen LogP contribution in [0.1, 0.15) is 11.3 Å². The van der Waals surface area contributed by atoms with Gasteiger partial charge in [0.15, 0.2) is 4.34 Å². The van der Waals surface area contributed by atoms with E-state index in [0.717, 1.165) is 27.8 Å². The number of aromatic nitrogens is 4. The van der Waals surface area contributed by atoms with Crippen molar-refractivity contribution in [2.45, 2.75) is 16.6 Å². The van der Waals surface area contributed by atoms with E-state index in [4.69, 9.17) is 0 Å². The van der Waals surface area contributed by atoms with Crippen LogP contribution in [0.4, 0.5) is 0 Å². The standard InChI is InChI=1S/C21H16N4S2/c1-2-6-17-11-15(9-10-16(17)5-1)12-25-13-18(23-24-25)14-26-21-22-19-7-3-4-8-20(19)27-21/h1-11,13H,12,14H2. The fourth-order valence-electron chi connectivity index (χ4n) is 3.05. The number of hydrogen-bond acceptors (Lipinski definition) is 5. The highest BCUT2D eigenvalue weighted by atomic mass is 32.2. The number of rotatable bonds is 5. The highest BCUT2D eigenvalue weighted by Crippen LogP contribution is 2.30. The van der Waals surface area contributed by atoms with E-state index in [9.17, 15) is 0 Å². The van der Waals surface area contributed by atoms with E-state index in [1.54, 1.807) is 23.1 Å². The van der Waals surface area contributed by atoms with Gasteiger partial charge in [0.25, 0.3) is 0 Å². The van der Waals surface area contributed by atoms with Gasteiger partial charge in [-0.05, 0) is 34.5 Å². The highest BCUT2D eigenvalue weighted by molar-refractivity contribution is 8.00. The maximum atomic E-state index is 4.66. The molecule has 0 N–H and O–H groups in total. The van der Waals surface area contributed by atoms with Crippen LogP contribution in [0, 0.1) is 0 Å². The Morgan fingerprint density at radius 1 is 0.926 bits per heavy atom. The molecule has 0 radical (unpaired) electrons. The Hall–Kier alpha value is -2.70. The molecule has 0 amide bonds. The molecule has 2 heterocycles. The van der Waals surface area contributed by atoms with Gasteiger partial charge in [-0.1, -0.05) is 65.5 Å². The van der Waals surface area contributed by atoms with E-state index < -0.39 is 0 Å². The van der Waals surface area contributed by atoms with Crippen molar-refractivity contribution in [1.82, 2.24) is 20.0 Å². The highest BCUT2D eigenvalue weighted by Gasteiger charge is 2.07. The van der Waals surface area contributed by atoms with Crippen molar-refractivity contribution in [3.05, 3.63) is 84.2 Å². The predicted molar refractivity (Wildman–Crippen MR) is 112 cm³/mol. The summed E-state index contributed by atoms with van der Waals surface area (Å²) in [4.78, 5) is 4.66. The van der Waals surface area contributed by atoms with E-state index in [2.05, 4.69) is 69.9 Å². The number of benzene rings is 3. The van der Waals surface area contributed by atoms with E-state index in [1.807, 2.05) is 23.0 Å². The summed E-state index contributed by atoms with van der Waals surface area (Å²) in [5.41, 5.74) is 3.26. The topological polar surface area (TPSA) is 43.6 Å². The number of hydrogen-bond donors (Lipinski definition) is 0.